The van der Waals surface area contributed by atoms with E-state index in [4.69, 9.17) is 14.6 Å². The fraction of sp³-hybridized carbons (Fsp3) is 0.200. The number of ether oxygens (including phenoxy) is 2. The minimum absolute atomic E-state index is 0.0201. The van der Waals surface area contributed by atoms with Gasteiger partial charge in [0.2, 0.25) is 0 Å². The van der Waals surface area contributed by atoms with Gasteiger partial charge in [0.05, 0.1) is 23.2 Å². The predicted molar refractivity (Wildman–Crippen MR) is 121 cm³/mol. The van der Waals surface area contributed by atoms with Crippen LogP contribution in [0.25, 0.3) is 11.0 Å². The first-order valence-electron chi connectivity index (χ1n) is 10.5. The Labute approximate surface area is 198 Å². The number of nitrogens with zero attached hydrogens (tertiary/aromatic N) is 2. The van der Waals surface area contributed by atoms with E-state index in [0.29, 0.717) is 28.0 Å². The van der Waals surface area contributed by atoms with Crippen molar-refractivity contribution < 1.29 is 37.7 Å². The lowest BCUT2D eigenvalue weighted by Gasteiger charge is -2.14. The molecule has 0 radical (unpaired) electrons. The first kappa shape index (κ1) is 23.9. The monoisotopic (exact) mass is 486 g/mol. The summed E-state index contributed by atoms with van der Waals surface area (Å²) in [7, 11) is 0. The molecule has 1 unspecified atom stereocenters. The van der Waals surface area contributed by atoms with Crippen LogP contribution in [0.2, 0.25) is 0 Å². The second kappa shape index (κ2) is 9.21. The van der Waals surface area contributed by atoms with Gasteiger partial charge in [0.15, 0.2) is 11.9 Å². The molecule has 0 saturated carbocycles. The number of halogens is 3. The molecule has 7 nitrogen and oxygen atoms in total. The largest absolute Gasteiger partial charge is 0.508 e. The van der Waals surface area contributed by atoms with Crippen molar-refractivity contribution >= 4 is 17.0 Å². The maximum Gasteiger partial charge on any atom is 0.416 e. The lowest BCUT2D eigenvalue weighted by molar-refractivity contribution is -0.144. The second-order valence-electron chi connectivity index (χ2n) is 7.89. The average molecular weight is 486 g/mol. The van der Waals surface area contributed by atoms with E-state index in [-0.39, 0.29) is 23.8 Å². The molecule has 4 aromatic rings. The molecule has 2 N–H and O–H groups in total. The number of aliphatic carboxylic acids is 1. The molecular weight excluding hydrogens is 465 g/mol. The van der Waals surface area contributed by atoms with E-state index in [0.717, 1.165) is 12.1 Å². The zero-order valence-electron chi connectivity index (χ0n) is 18.7. The summed E-state index contributed by atoms with van der Waals surface area (Å²) in [5.41, 5.74) is 0.667. The summed E-state index contributed by atoms with van der Waals surface area (Å²) in [6.07, 6.45) is -4.02. The lowest BCUT2D eigenvalue weighted by Crippen LogP contribution is -2.22. The van der Waals surface area contributed by atoms with Crippen molar-refractivity contribution in [2.75, 3.05) is 0 Å². The summed E-state index contributed by atoms with van der Waals surface area (Å²) in [4.78, 5) is 15.5. The van der Waals surface area contributed by atoms with Crippen molar-refractivity contribution in [1.29, 1.82) is 0 Å². The number of pyridine rings is 1. The highest BCUT2D eigenvalue weighted by Crippen LogP contribution is 2.38. The van der Waals surface area contributed by atoms with Crippen LogP contribution in [0.1, 0.15) is 23.7 Å². The van der Waals surface area contributed by atoms with Crippen molar-refractivity contribution in [3.05, 3.63) is 77.6 Å². The molecule has 4 rings (SSSR count). The van der Waals surface area contributed by atoms with Crippen LogP contribution < -0.4 is 9.47 Å². The summed E-state index contributed by atoms with van der Waals surface area (Å²) < 4.78 is 52.5. The highest BCUT2D eigenvalue weighted by molar-refractivity contribution is 5.86. The highest BCUT2D eigenvalue weighted by Gasteiger charge is 2.31. The SMILES string of the molecule is Cc1c(Oc2cccc(C(F)(F)F)c2)c2cccnc2n1Cc1cc(OC(C)C(=O)O)ccc1O. The maximum atomic E-state index is 13.1. The minimum atomic E-state index is -4.51. The predicted octanol–water partition coefficient (Wildman–Crippen LogP) is 5.76. The number of alkyl halides is 3. The molecule has 10 heteroatoms. The molecule has 0 saturated heterocycles. The molecule has 0 aliphatic rings. The number of carbonyl (C=O) groups is 1. The Bertz CT molecular complexity index is 1400. The Morgan fingerprint density at radius 3 is 2.60 bits per heavy atom. The van der Waals surface area contributed by atoms with Crippen molar-refractivity contribution in [1.82, 2.24) is 9.55 Å². The topological polar surface area (TPSA) is 93.8 Å². The van der Waals surface area contributed by atoms with Gasteiger partial charge < -0.3 is 24.3 Å². The van der Waals surface area contributed by atoms with E-state index in [2.05, 4.69) is 4.98 Å². The first-order valence-corrected chi connectivity index (χ1v) is 10.5. The fourth-order valence-electron chi connectivity index (χ4n) is 3.63. The van der Waals surface area contributed by atoms with Gasteiger partial charge in [-0.1, -0.05) is 6.07 Å². The number of carboxylic acid groups (broad SMARTS) is 1. The quantitative estimate of drug-likeness (QED) is 0.345. The van der Waals surface area contributed by atoms with Crippen LogP contribution in [0.15, 0.2) is 60.8 Å². The summed E-state index contributed by atoms with van der Waals surface area (Å²) >= 11 is 0. The molecular formula is C25H21F3N2O5. The molecule has 2 heterocycles. The number of aromatic nitrogens is 2. The zero-order chi connectivity index (χ0) is 25.3. The molecule has 1 atom stereocenters. The molecule has 0 aliphatic carbocycles. The van der Waals surface area contributed by atoms with Crippen molar-refractivity contribution in [2.24, 2.45) is 0 Å². The molecule has 2 aromatic carbocycles. The maximum absolute atomic E-state index is 13.1. The van der Waals surface area contributed by atoms with Gasteiger partial charge in [-0.15, -0.1) is 0 Å². The number of hydrogen-bond acceptors (Lipinski definition) is 5. The zero-order valence-corrected chi connectivity index (χ0v) is 18.7. The van der Waals surface area contributed by atoms with Crippen LogP contribution in [0.5, 0.6) is 23.0 Å². The van der Waals surface area contributed by atoms with Gasteiger partial charge in [0.25, 0.3) is 0 Å². The molecule has 0 aliphatic heterocycles. The molecule has 0 fully saturated rings. The summed E-state index contributed by atoms with van der Waals surface area (Å²) in [5.74, 6) is -0.564. The minimum Gasteiger partial charge on any atom is -0.508 e. The Balaban J connectivity index is 1.72. The van der Waals surface area contributed by atoms with Crippen molar-refractivity contribution in [3.63, 3.8) is 0 Å². The Kier molecular flexibility index (Phi) is 6.29. The number of phenols is 1. The van der Waals surface area contributed by atoms with E-state index < -0.39 is 23.8 Å². The third-order valence-corrected chi connectivity index (χ3v) is 5.44. The number of phenolic OH excluding ortho intramolecular Hbond substituents is 1. The molecule has 35 heavy (non-hydrogen) atoms. The molecule has 0 amide bonds. The van der Waals surface area contributed by atoms with Gasteiger partial charge in [-0.3, -0.25) is 0 Å². The fourth-order valence-corrected chi connectivity index (χ4v) is 3.63. The van der Waals surface area contributed by atoms with Gasteiger partial charge >= 0.3 is 12.1 Å². The average Bonchev–Trinajstić information content (AvgIpc) is 3.06. The van der Waals surface area contributed by atoms with Gasteiger partial charge in [-0.2, -0.15) is 13.2 Å². The Morgan fingerprint density at radius 1 is 1.11 bits per heavy atom. The van der Waals surface area contributed by atoms with E-state index in [1.54, 1.807) is 29.8 Å². The number of benzene rings is 2. The standard InChI is InChI=1S/C25H21F3N2O5/c1-14-22(35-18-6-3-5-17(12-18)25(26,27)28)20-7-4-10-29-23(20)30(14)13-16-11-19(8-9-21(16)31)34-15(2)24(32)33/h3-12,15,31H,13H2,1-2H3,(H,32,33). The van der Waals surface area contributed by atoms with Crippen molar-refractivity contribution in [3.8, 4) is 23.0 Å². The lowest BCUT2D eigenvalue weighted by atomic mass is 10.2. The molecule has 2 aromatic heterocycles. The van der Waals surface area contributed by atoms with Gasteiger partial charge in [-0.05, 0) is 62.4 Å². The van der Waals surface area contributed by atoms with E-state index in [1.807, 2.05) is 0 Å². The molecule has 0 spiro atoms. The van der Waals surface area contributed by atoms with Gasteiger partial charge in [0, 0.05) is 11.8 Å². The smallest absolute Gasteiger partial charge is 0.416 e. The summed E-state index contributed by atoms with van der Waals surface area (Å²) in [5, 5.41) is 20.1. The third kappa shape index (κ3) is 5.01. The number of rotatable bonds is 7. The van der Waals surface area contributed by atoms with Crippen LogP contribution in [0.3, 0.4) is 0 Å². The molecule has 0 bridgehead atoms. The Hall–Kier alpha value is -4.21. The van der Waals surface area contributed by atoms with Gasteiger partial charge in [-0.25, -0.2) is 9.78 Å². The number of carboxylic acids is 1. The van der Waals surface area contributed by atoms with E-state index in [9.17, 15) is 23.1 Å². The van der Waals surface area contributed by atoms with Crippen molar-refractivity contribution in [2.45, 2.75) is 32.7 Å². The first-order chi connectivity index (χ1) is 16.5. The van der Waals surface area contributed by atoms with Crippen LogP contribution in [-0.4, -0.2) is 31.8 Å². The van der Waals surface area contributed by atoms with Crippen LogP contribution in [0, 0.1) is 6.92 Å². The number of fused-ring (bicyclic) bond motifs is 1. The second-order valence-corrected chi connectivity index (χ2v) is 7.89. The molecule has 182 valence electrons. The van der Waals surface area contributed by atoms with Crippen LogP contribution in [0.4, 0.5) is 13.2 Å². The van der Waals surface area contributed by atoms with Gasteiger partial charge in [0.1, 0.15) is 22.9 Å². The van der Waals surface area contributed by atoms with Crippen LogP contribution in [-0.2, 0) is 17.5 Å². The normalized spacial score (nSPS) is 12.5. The summed E-state index contributed by atoms with van der Waals surface area (Å²) in [6, 6.07) is 12.4. The number of hydrogen-bond donors (Lipinski definition) is 2. The Morgan fingerprint density at radius 2 is 1.89 bits per heavy atom. The van der Waals surface area contributed by atoms with Crippen LogP contribution >= 0.6 is 0 Å². The third-order valence-electron chi connectivity index (χ3n) is 5.44. The highest BCUT2D eigenvalue weighted by atomic mass is 19.4. The number of aromatic hydroxyl groups is 1. The summed E-state index contributed by atoms with van der Waals surface area (Å²) in [6.45, 7) is 3.24. The van der Waals surface area contributed by atoms with E-state index in [1.165, 1.54) is 37.3 Å². The van der Waals surface area contributed by atoms with E-state index >= 15 is 0 Å².